The average molecular weight is 904 g/mol. The highest BCUT2D eigenvalue weighted by molar-refractivity contribution is 5.70. The Morgan fingerprint density at radius 3 is 1.12 bits per heavy atom. The Bertz CT molecular complexity index is 1100. The number of hydrogen-bond donors (Lipinski definition) is 0. The van der Waals surface area contributed by atoms with Gasteiger partial charge >= 0.3 is 11.9 Å². The predicted octanol–water partition coefficient (Wildman–Crippen LogP) is 14.6. The van der Waals surface area contributed by atoms with E-state index in [0.29, 0.717) is 12.8 Å². The summed E-state index contributed by atoms with van der Waals surface area (Å²) in [7, 11) is 5.42. The highest BCUT2D eigenvalue weighted by atomic mass is 16.6. The Kier molecular flexibility index (Phi) is 45.7. The third-order valence-electron chi connectivity index (χ3n) is 12.6. The molecule has 0 radical (unpaired) electrons. The van der Waals surface area contributed by atoms with Gasteiger partial charge in [0.05, 0.1) is 40.3 Å². The summed E-state index contributed by atoms with van der Waals surface area (Å²) in [5.41, 5.74) is 0. The number of esters is 2. The van der Waals surface area contributed by atoms with Gasteiger partial charge in [-0.25, -0.2) is 0 Å². The molecule has 0 aromatic heterocycles. The Labute approximate surface area is 396 Å². The lowest BCUT2D eigenvalue weighted by atomic mass is 10.0. The van der Waals surface area contributed by atoms with Crippen molar-refractivity contribution in [3.05, 3.63) is 24.3 Å². The van der Waals surface area contributed by atoms with Gasteiger partial charge in [0.1, 0.15) is 12.6 Å². The summed E-state index contributed by atoms with van der Waals surface area (Å²) in [6, 6.07) is -0.726. The van der Waals surface area contributed by atoms with Crippen LogP contribution in [0.25, 0.3) is 0 Å². The number of carboxylic acid groups (broad SMARTS) is 1. The third-order valence-corrected chi connectivity index (χ3v) is 12.6. The zero-order chi connectivity index (χ0) is 47.0. The van der Waals surface area contributed by atoms with Crippen LogP contribution in [-0.4, -0.2) is 75.5 Å². The van der Waals surface area contributed by atoms with Gasteiger partial charge in [-0.2, -0.15) is 0 Å². The monoisotopic (exact) mass is 904 g/mol. The molecule has 0 rings (SSSR count). The minimum atomic E-state index is -1.12. The second kappa shape index (κ2) is 47.3. The van der Waals surface area contributed by atoms with Gasteiger partial charge in [-0.15, -0.1) is 0 Å². The number of carbonyl (C=O) groups is 3. The fourth-order valence-electron chi connectivity index (χ4n) is 8.30. The first-order valence-corrected chi connectivity index (χ1v) is 27.4. The topological polar surface area (TPSA) is 102 Å². The molecule has 8 nitrogen and oxygen atoms in total. The quantitative estimate of drug-likeness (QED) is 0.0259. The summed E-state index contributed by atoms with van der Waals surface area (Å²) in [6.07, 6.45) is 55.0. The SMILES string of the molecule is CCCCCCCC/C=C/CCCCCCCCCC(=O)OCC(COCCC(C(=O)[O-])[N+](C)(C)C)OC(=O)CCCCCCCCC/C=C/CCCCCCCCCCCCCC. The van der Waals surface area contributed by atoms with Gasteiger partial charge in [-0.05, 0) is 64.2 Å². The van der Waals surface area contributed by atoms with E-state index in [0.717, 1.165) is 38.5 Å². The van der Waals surface area contributed by atoms with Crippen molar-refractivity contribution in [2.24, 2.45) is 0 Å². The van der Waals surface area contributed by atoms with E-state index in [2.05, 4.69) is 38.2 Å². The molecule has 0 fully saturated rings. The zero-order valence-electron chi connectivity index (χ0n) is 43.0. The molecule has 64 heavy (non-hydrogen) atoms. The van der Waals surface area contributed by atoms with Crippen molar-refractivity contribution in [1.29, 1.82) is 0 Å². The highest BCUT2D eigenvalue weighted by Gasteiger charge is 2.25. The molecular formula is C56H105NO7. The molecule has 376 valence electrons. The lowest BCUT2D eigenvalue weighted by Gasteiger charge is -2.34. The molecule has 0 aliphatic heterocycles. The first-order valence-electron chi connectivity index (χ1n) is 27.4. The van der Waals surface area contributed by atoms with Crippen LogP contribution in [0.15, 0.2) is 24.3 Å². The normalized spacial score (nSPS) is 13.0. The van der Waals surface area contributed by atoms with Crippen molar-refractivity contribution in [2.45, 2.75) is 276 Å². The number of rotatable bonds is 50. The first-order chi connectivity index (χ1) is 31.1. The van der Waals surface area contributed by atoms with Crippen LogP contribution in [0.5, 0.6) is 0 Å². The van der Waals surface area contributed by atoms with Crippen LogP contribution in [0.1, 0.15) is 264 Å². The molecule has 0 aliphatic carbocycles. The van der Waals surface area contributed by atoms with Gasteiger partial charge < -0.3 is 28.6 Å². The van der Waals surface area contributed by atoms with Gasteiger partial charge in [-0.3, -0.25) is 9.59 Å². The minimum absolute atomic E-state index is 0.0411. The zero-order valence-corrected chi connectivity index (χ0v) is 43.0. The van der Waals surface area contributed by atoms with E-state index in [1.807, 2.05) is 21.1 Å². The van der Waals surface area contributed by atoms with Crippen molar-refractivity contribution in [1.82, 2.24) is 0 Å². The second-order valence-electron chi connectivity index (χ2n) is 19.8. The maximum absolute atomic E-state index is 12.8. The molecule has 8 heteroatoms. The van der Waals surface area contributed by atoms with Crippen LogP contribution < -0.4 is 5.11 Å². The lowest BCUT2D eigenvalue weighted by molar-refractivity contribution is -0.889. The minimum Gasteiger partial charge on any atom is -0.544 e. The van der Waals surface area contributed by atoms with Crippen molar-refractivity contribution >= 4 is 17.9 Å². The molecule has 0 spiro atoms. The number of carboxylic acids is 1. The molecule has 0 aromatic carbocycles. The van der Waals surface area contributed by atoms with Crippen LogP contribution in [-0.2, 0) is 28.6 Å². The van der Waals surface area contributed by atoms with E-state index in [-0.39, 0.29) is 42.7 Å². The molecule has 0 aliphatic rings. The summed E-state index contributed by atoms with van der Waals surface area (Å²) >= 11 is 0. The third kappa shape index (κ3) is 45.0. The number of ether oxygens (including phenoxy) is 3. The fourth-order valence-corrected chi connectivity index (χ4v) is 8.30. The maximum atomic E-state index is 12.8. The van der Waals surface area contributed by atoms with E-state index < -0.39 is 18.1 Å². The van der Waals surface area contributed by atoms with E-state index in [1.54, 1.807) is 0 Å². The van der Waals surface area contributed by atoms with Crippen LogP contribution in [0.3, 0.4) is 0 Å². The van der Waals surface area contributed by atoms with Gasteiger partial charge in [-0.1, -0.05) is 205 Å². The van der Waals surface area contributed by atoms with Crippen molar-refractivity contribution in [2.75, 3.05) is 41.0 Å². The molecule has 0 aromatic rings. The summed E-state index contributed by atoms with van der Waals surface area (Å²) in [5.74, 6) is -1.73. The van der Waals surface area contributed by atoms with Gasteiger partial charge in [0.25, 0.3) is 0 Å². The Balaban J connectivity index is 4.19. The predicted molar refractivity (Wildman–Crippen MR) is 268 cm³/mol. The van der Waals surface area contributed by atoms with Crippen LogP contribution >= 0.6 is 0 Å². The lowest BCUT2D eigenvalue weighted by Crippen LogP contribution is -2.55. The largest absolute Gasteiger partial charge is 0.544 e. The standard InChI is InChI=1S/C56H105NO7/c1-6-8-10-12-14-16-18-20-22-24-25-26-27-28-29-31-33-35-37-39-41-43-45-47-55(59)64-52(50-62-49-48-53(56(60)61)57(3,4)5)51-63-54(58)46-44-42-40-38-36-34-32-30-23-21-19-17-15-13-11-9-7-2/h21,23,28-29,52-53H,6-20,22,24-27,30-51H2,1-5H3/b23-21+,29-28+. The number of unbranched alkanes of at least 4 members (excludes halogenated alkanes) is 32. The molecular weight excluding hydrogens is 799 g/mol. The molecule has 0 amide bonds. The summed E-state index contributed by atoms with van der Waals surface area (Å²) in [6.45, 7) is 4.69. The molecule has 0 N–H and O–H groups in total. The van der Waals surface area contributed by atoms with E-state index in [4.69, 9.17) is 14.2 Å². The van der Waals surface area contributed by atoms with Crippen LogP contribution in [0.4, 0.5) is 0 Å². The second-order valence-corrected chi connectivity index (χ2v) is 19.8. The van der Waals surface area contributed by atoms with E-state index in [1.165, 1.54) is 193 Å². The number of aliphatic carboxylic acids is 1. The Hall–Kier alpha value is -2.19. The highest BCUT2D eigenvalue weighted by Crippen LogP contribution is 2.16. The number of hydrogen-bond acceptors (Lipinski definition) is 7. The van der Waals surface area contributed by atoms with Crippen molar-refractivity contribution in [3.8, 4) is 0 Å². The van der Waals surface area contributed by atoms with Crippen molar-refractivity contribution < 1.29 is 38.2 Å². The molecule has 0 heterocycles. The van der Waals surface area contributed by atoms with Gasteiger partial charge in [0.15, 0.2) is 6.10 Å². The Morgan fingerprint density at radius 2 is 0.781 bits per heavy atom. The van der Waals surface area contributed by atoms with Crippen LogP contribution in [0.2, 0.25) is 0 Å². The maximum Gasteiger partial charge on any atom is 0.306 e. The molecule has 2 atom stereocenters. The van der Waals surface area contributed by atoms with Crippen LogP contribution in [0, 0.1) is 0 Å². The van der Waals surface area contributed by atoms with Gasteiger partial charge in [0, 0.05) is 19.3 Å². The summed E-state index contributed by atoms with van der Waals surface area (Å²) < 4.78 is 17.3. The number of quaternary nitrogens is 1. The fraction of sp³-hybridized carbons (Fsp3) is 0.875. The average Bonchev–Trinajstić information content (AvgIpc) is 3.26. The number of likely N-dealkylation sites (N-methyl/N-ethyl adjacent to an activating group) is 1. The summed E-state index contributed by atoms with van der Waals surface area (Å²) in [4.78, 5) is 37.1. The first kappa shape index (κ1) is 61.8. The van der Waals surface area contributed by atoms with Crippen molar-refractivity contribution in [3.63, 3.8) is 0 Å². The number of allylic oxidation sites excluding steroid dienone is 4. The smallest absolute Gasteiger partial charge is 0.306 e. The molecule has 0 saturated carbocycles. The van der Waals surface area contributed by atoms with E-state index in [9.17, 15) is 19.5 Å². The molecule has 0 bridgehead atoms. The number of nitrogens with zero attached hydrogens (tertiary/aromatic N) is 1. The van der Waals surface area contributed by atoms with E-state index >= 15 is 0 Å². The molecule has 2 unspecified atom stereocenters. The van der Waals surface area contributed by atoms with Gasteiger partial charge in [0.2, 0.25) is 0 Å². The Morgan fingerprint density at radius 1 is 0.453 bits per heavy atom. The summed E-state index contributed by atoms with van der Waals surface area (Å²) in [5, 5.41) is 11.7. The number of carbonyl (C=O) groups excluding carboxylic acids is 3. The molecule has 0 saturated heterocycles.